The van der Waals surface area contributed by atoms with Crippen LogP contribution in [0.1, 0.15) is 18.1 Å². The van der Waals surface area contributed by atoms with Gasteiger partial charge < -0.3 is 9.84 Å². The molecule has 1 heterocycles. The molecule has 0 spiro atoms. The van der Waals surface area contributed by atoms with Crippen LogP contribution in [0.4, 0.5) is 0 Å². The van der Waals surface area contributed by atoms with Crippen LogP contribution in [0.15, 0.2) is 53.7 Å². The molecule has 0 saturated heterocycles. The van der Waals surface area contributed by atoms with Crippen LogP contribution in [0.2, 0.25) is 0 Å². The molecular formula is C18H16N2O3S. The number of rotatable bonds is 7. The third-order valence-corrected chi connectivity index (χ3v) is 4.02. The summed E-state index contributed by atoms with van der Waals surface area (Å²) >= 11 is 1.14. The van der Waals surface area contributed by atoms with Crippen LogP contribution in [0.25, 0.3) is 5.76 Å². The van der Waals surface area contributed by atoms with Crippen LogP contribution in [0.3, 0.4) is 0 Å². The van der Waals surface area contributed by atoms with Gasteiger partial charge in [0.25, 0.3) is 0 Å². The zero-order valence-electron chi connectivity index (χ0n) is 13.1. The van der Waals surface area contributed by atoms with E-state index in [1.165, 1.54) is 12.3 Å². The van der Waals surface area contributed by atoms with Gasteiger partial charge in [-0.05, 0) is 13.0 Å². The van der Waals surface area contributed by atoms with Gasteiger partial charge in [-0.15, -0.1) is 0 Å². The second kappa shape index (κ2) is 8.75. The summed E-state index contributed by atoms with van der Waals surface area (Å²) in [5, 5.41) is 19.6. The highest BCUT2D eigenvalue weighted by molar-refractivity contribution is 8.00. The van der Waals surface area contributed by atoms with Gasteiger partial charge in [0.15, 0.2) is 5.78 Å². The first kappa shape index (κ1) is 17.6. The Kier molecular flexibility index (Phi) is 6.41. The number of ether oxygens (including phenoxy) is 1. The first-order valence-electron chi connectivity index (χ1n) is 7.29. The standard InChI is InChI=1S/C18H16N2O3S/c1-2-23-17-8-9-20-18(15(17)11-19)24-12-14(21)10-16(22)13-6-4-3-5-7-13/h3-10,22H,2,12H2,1H3. The number of aromatic nitrogens is 1. The molecule has 1 aromatic carbocycles. The minimum Gasteiger partial charge on any atom is -0.507 e. The number of carbonyl (C=O) groups excluding carboxylic acids is 1. The van der Waals surface area contributed by atoms with E-state index in [4.69, 9.17) is 4.74 Å². The van der Waals surface area contributed by atoms with Crippen molar-refractivity contribution in [1.29, 1.82) is 5.26 Å². The number of carbonyl (C=O) groups is 1. The lowest BCUT2D eigenvalue weighted by molar-refractivity contribution is -0.112. The fourth-order valence-electron chi connectivity index (χ4n) is 1.94. The lowest BCUT2D eigenvalue weighted by Crippen LogP contribution is -2.01. The number of nitriles is 1. The number of hydrogen-bond acceptors (Lipinski definition) is 6. The second-order valence-electron chi connectivity index (χ2n) is 4.68. The summed E-state index contributed by atoms with van der Waals surface area (Å²) in [6.45, 7) is 2.27. The molecule has 0 aliphatic carbocycles. The fraction of sp³-hybridized carbons (Fsp3) is 0.167. The highest BCUT2D eigenvalue weighted by atomic mass is 32.2. The lowest BCUT2D eigenvalue weighted by atomic mass is 10.1. The number of nitrogens with zero attached hydrogens (tertiary/aromatic N) is 2. The molecule has 122 valence electrons. The molecule has 24 heavy (non-hydrogen) atoms. The van der Waals surface area contributed by atoms with Crippen molar-refractivity contribution in [2.75, 3.05) is 12.4 Å². The SMILES string of the molecule is CCOc1ccnc(SCC(=O)C=C(O)c2ccccc2)c1C#N. The molecule has 2 aromatic rings. The molecule has 0 bridgehead atoms. The number of aliphatic hydroxyl groups is 1. The van der Waals surface area contributed by atoms with Gasteiger partial charge in [-0.2, -0.15) is 5.26 Å². The van der Waals surface area contributed by atoms with Crippen molar-refractivity contribution in [2.45, 2.75) is 11.9 Å². The van der Waals surface area contributed by atoms with Gasteiger partial charge in [-0.1, -0.05) is 42.1 Å². The van der Waals surface area contributed by atoms with Gasteiger partial charge in [0, 0.05) is 17.8 Å². The minimum atomic E-state index is -0.270. The normalized spacial score (nSPS) is 10.9. The van der Waals surface area contributed by atoms with Crippen molar-refractivity contribution >= 4 is 23.3 Å². The molecule has 0 amide bonds. The lowest BCUT2D eigenvalue weighted by Gasteiger charge is -2.07. The van der Waals surface area contributed by atoms with E-state index in [0.29, 0.717) is 28.5 Å². The Labute approximate surface area is 144 Å². The summed E-state index contributed by atoms with van der Waals surface area (Å²) in [6, 6.07) is 12.5. The maximum atomic E-state index is 12.0. The van der Waals surface area contributed by atoms with Crippen molar-refractivity contribution in [3.63, 3.8) is 0 Å². The molecule has 0 saturated carbocycles. The van der Waals surface area contributed by atoms with E-state index in [1.54, 1.807) is 30.3 Å². The smallest absolute Gasteiger partial charge is 0.169 e. The van der Waals surface area contributed by atoms with Crippen LogP contribution in [0, 0.1) is 11.3 Å². The van der Waals surface area contributed by atoms with Crippen LogP contribution in [-0.4, -0.2) is 28.2 Å². The molecule has 0 atom stereocenters. The largest absolute Gasteiger partial charge is 0.507 e. The molecular weight excluding hydrogens is 324 g/mol. The third kappa shape index (κ3) is 4.61. The van der Waals surface area contributed by atoms with Crippen LogP contribution < -0.4 is 4.74 Å². The van der Waals surface area contributed by atoms with E-state index in [0.717, 1.165) is 11.8 Å². The van der Waals surface area contributed by atoms with E-state index < -0.39 is 0 Å². The summed E-state index contributed by atoms with van der Waals surface area (Å²) in [4.78, 5) is 16.1. The molecule has 1 aromatic heterocycles. The van der Waals surface area contributed by atoms with E-state index in [9.17, 15) is 15.2 Å². The first-order chi connectivity index (χ1) is 11.7. The number of benzene rings is 1. The van der Waals surface area contributed by atoms with Gasteiger partial charge in [0.1, 0.15) is 28.2 Å². The van der Waals surface area contributed by atoms with Crippen LogP contribution in [-0.2, 0) is 4.79 Å². The van der Waals surface area contributed by atoms with E-state index in [2.05, 4.69) is 11.1 Å². The van der Waals surface area contributed by atoms with Crippen molar-refractivity contribution in [3.8, 4) is 11.8 Å². The first-order valence-corrected chi connectivity index (χ1v) is 8.28. The number of thioether (sulfide) groups is 1. The summed E-state index contributed by atoms with van der Waals surface area (Å²) in [5.74, 6) is 0.160. The number of aliphatic hydroxyl groups excluding tert-OH is 1. The monoisotopic (exact) mass is 340 g/mol. The topological polar surface area (TPSA) is 83.2 Å². The summed E-state index contributed by atoms with van der Waals surface area (Å²) < 4.78 is 5.39. The average Bonchev–Trinajstić information content (AvgIpc) is 2.61. The molecule has 0 radical (unpaired) electrons. The summed E-state index contributed by atoms with van der Waals surface area (Å²) in [7, 11) is 0. The Balaban J connectivity index is 2.07. The van der Waals surface area contributed by atoms with E-state index in [-0.39, 0.29) is 17.3 Å². The highest BCUT2D eigenvalue weighted by Gasteiger charge is 2.13. The molecule has 6 heteroatoms. The quantitative estimate of drug-likeness (QED) is 0.471. The molecule has 0 aliphatic heterocycles. The van der Waals surface area contributed by atoms with Crippen molar-refractivity contribution < 1.29 is 14.6 Å². The Morgan fingerprint density at radius 2 is 2.12 bits per heavy atom. The Bertz CT molecular complexity index is 783. The van der Waals surface area contributed by atoms with Crippen molar-refractivity contribution in [2.24, 2.45) is 0 Å². The number of pyridine rings is 1. The number of ketones is 1. The predicted octanol–water partition coefficient (Wildman–Crippen LogP) is 3.61. The molecule has 0 fully saturated rings. The maximum Gasteiger partial charge on any atom is 0.169 e. The van der Waals surface area contributed by atoms with E-state index in [1.807, 2.05) is 13.0 Å². The molecule has 2 rings (SSSR count). The van der Waals surface area contributed by atoms with Gasteiger partial charge in [0.05, 0.1) is 12.4 Å². The molecule has 1 N–H and O–H groups in total. The summed E-state index contributed by atoms with van der Waals surface area (Å²) in [5.41, 5.74) is 0.887. The van der Waals surface area contributed by atoms with E-state index >= 15 is 0 Å². The van der Waals surface area contributed by atoms with Crippen molar-refractivity contribution in [1.82, 2.24) is 4.98 Å². The second-order valence-corrected chi connectivity index (χ2v) is 5.65. The van der Waals surface area contributed by atoms with Gasteiger partial charge in [0.2, 0.25) is 0 Å². The Morgan fingerprint density at radius 1 is 1.38 bits per heavy atom. The maximum absolute atomic E-state index is 12.0. The Morgan fingerprint density at radius 3 is 2.79 bits per heavy atom. The molecule has 0 aliphatic rings. The van der Waals surface area contributed by atoms with Crippen molar-refractivity contribution in [3.05, 3.63) is 59.8 Å². The average molecular weight is 340 g/mol. The Hall–Kier alpha value is -2.78. The van der Waals surface area contributed by atoms with Gasteiger partial charge in [-0.25, -0.2) is 4.98 Å². The van der Waals surface area contributed by atoms with Gasteiger partial charge >= 0.3 is 0 Å². The molecule has 5 nitrogen and oxygen atoms in total. The predicted molar refractivity (Wildman–Crippen MR) is 92.9 cm³/mol. The number of hydrogen-bond donors (Lipinski definition) is 1. The zero-order valence-corrected chi connectivity index (χ0v) is 13.9. The summed E-state index contributed by atoms with van der Waals surface area (Å²) in [6.07, 6.45) is 2.72. The van der Waals surface area contributed by atoms with Crippen LogP contribution in [0.5, 0.6) is 5.75 Å². The molecule has 0 unspecified atom stereocenters. The number of allylic oxidation sites excluding steroid dienone is 1. The van der Waals surface area contributed by atoms with Gasteiger partial charge in [-0.3, -0.25) is 4.79 Å². The third-order valence-electron chi connectivity index (χ3n) is 3.01. The fourth-order valence-corrected chi connectivity index (χ4v) is 2.73. The van der Waals surface area contributed by atoms with Crippen LogP contribution >= 0.6 is 11.8 Å². The minimum absolute atomic E-state index is 0.0636. The highest BCUT2D eigenvalue weighted by Crippen LogP contribution is 2.27. The zero-order chi connectivity index (χ0) is 17.4.